The van der Waals surface area contributed by atoms with Gasteiger partial charge in [0.1, 0.15) is 18.4 Å². The highest BCUT2D eigenvalue weighted by Gasteiger charge is 2.22. The van der Waals surface area contributed by atoms with Gasteiger partial charge in [-0.15, -0.1) is 0 Å². The summed E-state index contributed by atoms with van der Waals surface area (Å²) in [7, 11) is 0. The lowest BCUT2D eigenvalue weighted by Gasteiger charge is -2.17. The van der Waals surface area contributed by atoms with Crippen LogP contribution < -0.4 is 5.32 Å². The summed E-state index contributed by atoms with van der Waals surface area (Å²) >= 11 is 0. The Morgan fingerprint density at radius 2 is 2.05 bits per heavy atom. The van der Waals surface area contributed by atoms with Crippen molar-refractivity contribution in [3.05, 3.63) is 42.5 Å². The number of phenols is 1. The topological polar surface area (TPSA) is 75.6 Å². The number of hydrogen-bond acceptors (Lipinski definition) is 4. The molecule has 0 fully saturated rings. The second kappa shape index (κ2) is 8.79. The number of phenolic OH excluding ortho intramolecular Hbond substituents is 1. The first kappa shape index (κ1) is 16.8. The fourth-order valence-corrected chi connectivity index (χ4v) is 1.80. The van der Waals surface area contributed by atoms with Crippen LogP contribution in [0.5, 0.6) is 5.75 Å². The Labute approximate surface area is 124 Å². The Kier molecular flexibility index (Phi) is 7.01. The van der Waals surface area contributed by atoms with E-state index in [1.54, 1.807) is 12.1 Å². The number of carbonyl (C=O) groups excluding carboxylic acids is 2. The van der Waals surface area contributed by atoms with Crippen LogP contribution in [-0.2, 0) is 20.7 Å². The molecular weight excluding hydrogens is 270 g/mol. The van der Waals surface area contributed by atoms with Crippen molar-refractivity contribution in [2.75, 3.05) is 6.61 Å². The summed E-state index contributed by atoms with van der Waals surface area (Å²) < 4.78 is 5.01. The average Bonchev–Trinajstić information content (AvgIpc) is 2.46. The zero-order chi connectivity index (χ0) is 15.7. The maximum absolute atomic E-state index is 12.0. The molecule has 0 saturated carbocycles. The first-order valence-electron chi connectivity index (χ1n) is 6.91. The van der Waals surface area contributed by atoms with Crippen LogP contribution in [-0.4, -0.2) is 29.6 Å². The van der Waals surface area contributed by atoms with Gasteiger partial charge in [-0.1, -0.05) is 31.7 Å². The molecule has 0 spiro atoms. The van der Waals surface area contributed by atoms with Gasteiger partial charge in [0, 0.05) is 12.8 Å². The summed E-state index contributed by atoms with van der Waals surface area (Å²) in [6.45, 7) is 5.48. The van der Waals surface area contributed by atoms with Gasteiger partial charge in [0.15, 0.2) is 0 Å². The smallest absolute Gasteiger partial charge is 0.329 e. The Bertz CT molecular complexity index is 482. The Morgan fingerprint density at radius 1 is 1.38 bits per heavy atom. The van der Waals surface area contributed by atoms with Crippen molar-refractivity contribution in [1.29, 1.82) is 0 Å². The molecular formula is C16H21NO4. The molecule has 0 aromatic heterocycles. The molecule has 5 nitrogen and oxygen atoms in total. The van der Waals surface area contributed by atoms with Gasteiger partial charge in [0.25, 0.3) is 0 Å². The minimum absolute atomic E-state index is 0.106. The van der Waals surface area contributed by atoms with Crippen molar-refractivity contribution in [3.63, 3.8) is 0 Å². The van der Waals surface area contributed by atoms with Gasteiger partial charge < -0.3 is 15.2 Å². The van der Waals surface area contributed by atoms with E-state index in [0.717, 1.165) is 5.56 Å². The number of aromatic hydroxyl groups is 1. The molecule has 0 saturated heterocycles. The Balaban J connectivity index is 2.74. The third kappa shape index (κ3) is 6.12. The first-order chi connectivity index (χ1) is 10.1. The third-order valence-corrected chi connectivity index (χ3v) is 2.82. The van der Waals surface area contributed by atoms with E-state index in [1.807, 2.05) is 6.92 Å². The molecule has 1 amide bonds. The van der Waals surface area contributed by atoms with E-state index in [0.29, 0.717) is 19.3 Å². The molecule has 2 N–H and O–H groups in total. The normalized spacial score (nSPS) is 11.5. The molecule has 0 aliphatic rings. The molecule has 1 rings (SSSR count). The predicted octanol–water partition coefficient (Wildman–Crippen LogP) is 1.95. The van der Waals surface area contributed by atoms with Crippen LogP contribution in [0.15, 0.2) is 36.9 Å². The van der Waals surface area contributed by atoms with E-state index in [4.69, 9.17) is 4.74 Å². The first-order valence-corrected chi connectivity index (χ1v) is 6.91. The summed E-state index contributed by atoms with van der Waals surface area (Å²) in [6.07, 6.45) is 2.86. The molecule has 0 radical (unpaired) electrons. The minimum atomic E-state index is -0.742. The molecule has 114 valence electrons. The van der Waals surface area contributed by atoms with Crippen LogP contribution in [0.3, 0.4) is 0 Å². The lowest BCUT2D eigenvalue weighted by Crippen LogP contribution is -2.43. The van der Waals surface area contributed by atoms with Crippen LogP contribution in [0.2, 0.25) is 0 Å². The molecule has 0 aliphatic carbocycles. The lowest BCUT2D eigenvalue weighted by atomic mass is 10.1. The van der Waals surface area contributed by atoms with E-state index in [2.05, 4.69) is 11.9 Å². The maximum atomic E-state index is 12.0. The molecule has 0 bridgehead atoms. The summed E-state index contributed by atoms with van der Waals surface area (Å²) in [5.41, 5.74) is 0.824. The van der Waals surface area contributed by atoms with Gasteiger partial charge in [-0.3, -0.25) is 4.79 Å². The minimum Gasteiger partial charge on any atom is -0.508 e. The molecule has 1 aromatic rings. The number of amides is 1. The highest BCUT2D eigenvalue weighted by Crippen LogP contribution is 2.12. The van der Waals surface area contributed by atoms with Crippen molar-refractivity contribution in [2.24, 2.45) is 0 Å². The number of ether oxygens (including phenoxy) is 1. The molecule has 1 unspecified atom stereocenters. The van der Waals surface area contributed by atoms with Crippen LogP contribution in [0.25, 0.3) is 0 Å². The molecule has 0 heterocycles. The lowest BCUT2D eigenvalue weighted by molar-refractivity contribution is -0.146. The third-order valence-electron chi connectivity index (χ3n) is 2.82. The summed E-state index contributed by atoms with van der Waals surface area (Å²) in [4.78, 5) is 23.7. The van der Waals surface area contributed by atoms with E-state index in [9.17, 15) is 14.7 Å². The van der Waals surface area contributed by atoms with Gasteiger partial charge in [0.05, 0.1) is 0 Å². The second-order valence-corrected chi connectivity index (χ2v) is 4.66. The largest absolute Gasteiger partial charge is 0.508 e. The second-order valence-electron chi connectivity index (χ2n) is 4.66. The predicted molar refractivity (Wildman–Crippen MR) is 79.8 cm³/mol. The maximum Gasteiger partial charge on any atom is 0.329 e. The van der Waals surface area contributed by atoms with Gasteiger partial charge in [-0.25, -0.2) is 4.79 Å². The SMILES string of the molecule is C=CCOC(=O)C(Cc1ccc(O)cc1)NC(=O)CCC. The average molecular weight is 291 g/mol. The van der Waals surface area contributed by atoms with Gasteiger partial charge in [-0.05, 0) is 24.1 Å². The van der Waals surface area contributed by atoms with Crippen LogP contribution in [0.4, 0.5) is 0 Å². The summed E-state index contributed by atoms with van der Waals surface area (Å²) in [6, 6.07) is 5.74. The van der Waals surface area contributed by atoms with Crippen molar-refractivity contribution >= 4 is 11.9 Å². The van der Waals surface area contributed by atoms with E-state index < -0.39 is 12.0 Å². The Morgan fingerprint density at radius 3 is 2.62 bits per heavy atom. The van der Waals surface area contributed by atoms with Crippen LogP contribution >= 0.6 is 0 Å². The standard InChI is InChI=1S/C16H21NO4/c1-3-5-15(19)17-14(16(20)21-10-4-2)11-12-6-8-13(18)9-7-12/h4,6-9,14,18H,2-3,5,10-11H2,1H3,(H,17,19). The number of carbonyl (C=O) groups is 2. The van der Waals surface area contributed by atoms with Crippen molar-refractivity contribution < 1.29 is 19.4 Å². The highest BCUT2D eigenvalue weighted by molar-refractivity contribution is 5.84. The zero-order valence-corrected chi connectivity index (χ0v) is 12.2. The molecule has 1 atom stereocenters. The van der Waals surface area contributed by atoms with E-state index in [-0.39, 0.29) is 18.3 Å². The number of esters is 1. The fraction of sp³-hybridized carbons (Fsp3) is 0.375. The van der Waals surface area contributed by atoms with Crippen LogP contribution in [0, 0.1) is 0 Å². The van der Waals surface area contributed by atoms with Gasteiger partial charge >= 0.3 is 5.97 Å². The highest BCUT2D eigenvalue weighted by atomic mass is 16.5. The summed E-state index contributed by atoms with van der Waals surface area (Å²) in [5.74, 6) is -0.524. The quantitative estimate of drug-likeness (QED) is 0.567. The number of hydrogen-bond donors (Lipinski definition) is 2. The van der Waals surface area contributed by atoms with Gasteiger partial charge in [0.2, 0.25) is 5.91 Å². The van der Waals surface area contributed by atoms with Crippen molar-refractivity contribution in [3.8, 4) is 5.75 Å². The monoisotopic (exact) mass is 291 g/mol. The number of nitrogens with one attached hydrogen (secondary N) is 1. The van der Waals surface area contributed by atoms with Crippen molar-refractivity contribution in [2.45, 2.75) is 32.2 Å². The Hall–Kier alpha value is -2.30. The number of rotatable bonds is 8. The zero-order valence-electron chi connectivity index (χ0n) is 12.2. The molecule has 5 heteroatoms. The van der Waals surface area contributed by atoms with Crippen molar-refractivity contribution in [1.82, 2.24) is 5.32 Å². The van der Waals surface area contributed by atoms with E-state index in [1.165, 1.54) is 18.2 Å². The summed E-state index contributed by atoms with van der Waals surface area (Å²) in [5, 5.41) is 11.9. The van der Waals surface area contributed by atoms with Crippen LogP contribution in [0.1, 0.15) is 25.3 Å². The molecule has 1 aromatic carbocycles. The molecule has 0 aliphatic heterocycles. The number of benzene rings is 1. The molecule has 21 heavy (non-hydrogen) atoms. The van der Waals surface area contributed by atoms with E-state index >= 15 is 0 Å². The fourth-order valence-electron chi connectivity index (χ4n) is 1.80. The van der Waals surface area contributed by atoms with Gasteiger partial charge in [-0.2, -0.15) is 0 Å².